The number of isocyanates is 1. The zero-order chi connectivity index (χ0) is 11.5. The van der Waals surface area contributed by atoms with Gasteiger partial charge in [-0.15, -0.1) is 4.99 Å². The van der Waals surface area contributed by atoms with Gasteiger partial charge in [0.15, 0.2) is 5.82 Å². The van der Waals surface area contributed by atoms with Crippen LogP contribution in [-0.2, 0) is 11.8 Å². The van der Waals surface area contributed by atoms with Crippen LogP contribution in [-0.4, -0.2) is 15.9 Å². The molecule has 0 fully saturated rings. The van der Waals surface area contributed by atoms with Crippen molar-refractivity contribution in [3.63, 3.8) is 0 Å². The van der Waals surface area contributed by atoms with Crippen LogP contribution in [0.1, 0.15) is 0 Å². The van der Waals surface area contributed by atoms with E-state index in [9.17, 15) is 4.79 Å². The van der Waals surface area contributed by atoms with E-state index in [4.69, 9.17) is 11.6 Å². The van der Waals surface area contributed by atoms with Gasteiger partial charge in [0.05, 0.1) is 5.69 Å². The Morgan fingerprint density at radius 1 is 1.44 bits per heavy atom. The molecule has 16 heavy (non-hydrogen) atoms. The smallest absolute Gasteiger partial charge is 0.242 e. The summed E-state index contributed by atoms with van der Waals surface area (Å²) in [6.07, 6.45) is 1.46. The Balaban J connectivity index is 2.51. The molecule has 0 amide bonds. The first-order chi connectivity index (χ1) is 7.70. The highest BCUT2D eigenvalue weighted by Crippen LogP contribution is 2.25. The van der Waals surface area contributed by atoms with E-state index in [-0.39, 0.29) is 0 Å². The highest BCUT2D eigenvalue weighted by atomic mass is 35.5. The fourth-order valence-corrected chi connectivity index (χ4v) is 1.66. The van der Waals surface area contributed by atoms with Gasteiger partial charge in [0.1, 0.15) is 0 Å². The number of halogens is 1. The summed E-state index contributed by atoms with van der Waals surface area (Å²) in [5.41, 5.74) is 1.77. The quantitative estimate of drug-likeness (QED) is 0.592. The highest BCUT2D eigenvalue weighted by molar-refractivity contribution is 6.30. The van der Waals surface area contributed by atoms with Crippen LogP contribution in [0.3, 0.4) is 0 Å². The van der Waals surface area contributed by atoms with Crippen LogP contribution in [0.2, 0.25) is 5.02 Å². The van der Waals surface area contributed by atoms with Crippen molar-refractivity contribution < 1.29 is 4.79 Å². The van der Waals surface area contributed by atoms with Crippen molar-refractivity contribution in [3.05, 3.63) is 35.4 Å². The van der Waals surface area contributed by atoms with E-state index >= 15 is 0 Å². The first-order valence-corrected chi connectivity index (χ1v) is 4.96. The molecule has 2 aromatic rings. The molecule has 0 aliphatic carbocycles. The van der Waals surface area contributed by atoms with Crippen LogP contribution in [0.5, 0.6) is 0 Å². The van der Waals surface area contributed by atoms with Gasteiger partial charge < -0.3 is 0 Å². The minimum Gasteiger partial charge on any atom is -0.266 e. The standard InChI is InChI=1S/C11H8ClN3O/c1-15-10(6-11(14-15)13-7-16)8-3-2-4-9(12)5-8/h2-6H,1H3. The maximum atomic E-state index is 10.1. The predicted molar refractivity (Wildman–Crippen MR) is 61.4 cm³/mol. The second-order valence-corrected chi connectivity index (χ2v) is 3.66. The third-order valence-corrected chi connectivity index (χ3v) is 2.38. The van der Waals surface area contributed by atoms with E-state index in [1.54, 1.807) is 23.9 Å². The SMILES string of the molecule is Cn1nc(N=C=O)cc1-c1cccc(Cl)c1. The number of aromatic nitrogens is 2. The normalized spacial score (nSPS) is 9.88. The lowest BCUT2D eigenvalue weighted by Crippen LogP contribution is -1.92. The largest absolute Gasteiger partial charge is 0.266 e. The second-order valence-electron chi connectivity index (χ2n) is 3.22. The first kappa shape index (κ1) is 10.6. The summed E-state index contributed by atoms with van der Waals surface area (Å²) in [5.74, 6) is 0.340. The molecule has 0 radical (unpaired) electrons. The molecule has 0 bridgehead atoms. The van der Waals surface area contributed by atoms with Crippen LogP contribution < -0.4 is 0 Å². The van der Waals surface area contributed by atoms with Crippen LogP contribution in [0.15, 0.2) is 35.3 Å². The van der Waals surface area contributed by atoms with Crippen LogP contribution >= 0.6 is 11.6 Å². The Bertz CT molecular complexity index is 570. The van der Waals surface area contributed by atoms with E-state index in [2.05, 4.69) is 10.1 Å². The molecule has 0 aliphatic heterocycles. The van der Waals surface area contributed by atoms with Gasteiger partial charge in [-0.2, -0.15) is 5.10 Å². The molecule has 0 atom stereocenters. The molecule has 0 N–H and O–H groups in total. The summed E-state index contributed by atoms with van der Waals surface area (Å²) < 4.78 is 1.64. The minimum atomic E-state index is 0.340. The van der Waals surface area contributed by atoms with Crippen molar-refractivity contribution in [2.75, 3.05) is 0 Å². The summed E-state index contributed by atoms with van der Waals surface area (Å²) in [7, 11) is 1.78. The number of carbonyl (C=O) groups excluding carboxylic acids is 1. The zero-order valence-electron chi connectivity index (χ0n) is 8.51. The topological polar surface area (TPSA) is 47.2 Å². The van der Waals surface area contributed by atoms with Crippen molar-refractivity contribution >= 4 is 23.5 Å². The maximum Gasteiger partial charge on any atom is 0.242 e. The van der Waals surface area contributed by atoms with Crippen molar-refractivity contribution in [1.82, 2.24) is 9.78 Å². The first-order valence-electron chi connectivity index (χ1n) is 4.58. The van der Waals surface area contributed by atoms with E-state index in [0.29, 0.717) is 10.8 Å². The van der Waals surface area contributed by atoms with Crippen molar-refractivity contribution in [3.8, 4) is 11.3 Å². The molecular weight excluding hydrogens is 226 g/mol. The highest BCUT2D eigenvalue weighted by Gasteiger charge is 2.06. The van der Waals surface area contributed by atoms with Crippen molar-refractivity contribution in [2.45, 2.75) is 0 Å². The number of aliphatic imine (C=N–C) groups is 1. The van der Waals surface area contributed by atoms with Gasteiger partial charge in [-0.3, -0.25) is 4.68 Å². The molecule has 0 spiro atoms. The molecule has 2 rings (SSSR count). The Kier molecular flexibility index (Phi) is 2.86. The minimum absolute atomic E-state index is 0.340. The van der Waals surface area contributed by atoms with Gasteiger partial charge in [0.25, 0.3) is 0 Å². The summed E-state index contributed by atoms with van der Waals surface area (Å²) in [4.78, 5) is 13.6. The molecule has 1 aromatic heterocycles. The lowest BCUT2D eigenvalue weighted by molar-refractivity contribution is 0.565. The number of aryl methyl sites for hydroxylation is 1. The molecule has 5 heteroatoms. The predicted octanol–water partition coefficient (Wildman–Crippen LogP) is 2.71. The fourth-order valence-electron chi connectivity index (χ4n) is 1.47. The van der Waals surface area contributed by atoms with E-state index in [1.807, 2.05) is 18.2 Å². The maximum absolute atomic E-state index is 10.1. The average molecular weight is 234 g/mol. The molecule has 1 heterocycles. The fraction of sp³-hybridized carbons (Fsp3) is 0.0909. The lowest BCUT2D eigenvalue weighted by Gasteiger charge is -2.01. The van der Waals surface area contributed by atoms with Gasteiger partial charge in [0.2, 0.25) is 6.08 Å². The van der Waals surface area contributed by atoms with Crippen molar-refractivity contribution in [2.24, 2.45) is 12.0 Å². The molecular formula is C11H8ClN3O. The summed E-state index contributed by atoms with van der Waals surface area (Å²) >= 11 is 5.90. The van der Waals surface area contributed by atoms with Gasteiger partial charge in [-0.25, -0.2) is 4.79 Å². The summed E-state index contributed by atoms with van der Waals surface area (Å²) in [5, 5.41) is 4.70. The molecule has 4 nitrogen and oxygen atoms in total. The third kappa shape index (κ3) is 2.03. The molecule has 1 aromatic carbocycles. The summed E-state index contributed by atoms with van der Waals surface area (Å²) in [6, 6.07) is 9.10. The van der Waals surface area contributed by atoms with Crippen LogP contribution in [0.4, 0.5) is 5.82 Å². The van der Waals surface area contributed by atoms with Crippen LogP contribution in [0.25, 0.3) is 11.3 Å². The number of nitrogens with zero attached hydrogens (tertiary/aromatic N) is 3. The Hall–Kier alpha value is -1.90. The Morgan fingerprint density at radius 2 is 2.25 bits per heavy atom. The van der Waals surface area contributed by atoms with E-state index in [1.165, 1.54) is 6.08 Å². The molecule has 0 saturated heterocycles. The van der Waals surface area contributed by atoms with E-state index < -0.39 is 0 Å². The number of hydrogen-bond acceptors (Lipinski definition) is 3. The Morgan fingerprint density at radius 3 is 2.94 bits per heavy atom. The monoisotopic (exact) mass is 233 g/mol. The molecule has 0 aliphatic rings. The number of benzene rings is 1. The van der Waals surface area contributed by atoms with E-state index in [0.717, 1.165) is 11.3 Å². The molecule has 0 unspecified atom stereocenters. The number of rotatable bonds is 2. The van der Waals surface area contributed by atoms with Gasteiger partial charge >= 0.3 is 0 Å². The summed E-state index contributed by atoms with van der Waals surface area (Å²) in [6.45, 7) is 0. The molecule has 80 valence electrons. The second kappa shape index (κ2) is 4.31. The number of hydrogen-bond donors (Lipinski definition) is 0. The van der Waals surface area contributed by atoms with Gasteiger partial charge in [-0.1, -0.05) is 23.7 Å². The lowest BCUT2D eigenvalue weighted by atomic mass is 10.1. The van der Waals surface area contributed by atoms with Crippen LogP contribution in [0, 0.1) is 0 Å². The Labute approximate surface area is 97.2 Å². The van der Waals surface area contributed by atoms with Gasteiger partial charge in [-0.05, 0) is 12.1 Å². The molecule has 0 saturated carbocycles. The third-order valence-electron chi connectivity index (χ3n) is 2.15. The zero-order valence-corrected chi connectivity index (χ0v) is 9.27. The van der Waals surface area contributed by atoms with Gasteiger partial charge in [0, 0.05) is 23.7 Å². The average Bonchev–Trinajstić information content (AvgIpc) is 2.60. The van der Waals surface area contributed by atoms with Crippen molar-refractivity contribution in [1.29, 1.82) is 0 Å².